The van der Waals surface area contributed by atoms with Gasteiger partial charge in [-0.25, -0.2) is 10.4 Å². The molecule has 0 radical (unpaired) electrons. The van der Waals surface area contributed by atoms with E-state index >= 15 is 0 Å². The van der Waals surface area contributed by atoms with Crippen LogP contribution in [0.3, 0.4) is 0 Å². The summed E-state index contributed by atoms with van der Waals surface area (Å²) in [5, 5.41) is 8.95. The van der Waals surface area contributed by atoms with Gasteiger partial charge in [-0.1, -0.05) is 61.0 Å². The predicted molar refractivity (Wildman–Crippen MR) is 146 cm³/mol. The van der Waals surface area contributed by atoms with Crippen LogP contribution < -0.4 is 15.6 Å². The topological polar surface area (TPSA) is 92.2 Å². The van der Waals surface area contributed by atoms with E-state index in [4.69, 9.17) is 19.6 Å². The van der Waals surface area contributed by atoms with Gasteiger partial charge in [-0.3, -0.25) is 10.2 Å². The van der Waals surface area contributed by atoms with Crippen molar-refractivity contribution in [1.29, 1.82) is 0 Å². The first-order chi connectivity index (χ1) is 17.2. The van der Waals surface area contributed by atoms with Crippen LogP contribution in [0.1, 0.15) is 57.3 Å². The SMILES string of the molecule is C=CC[C@]1(C(=O)NNCCC(C)(C)C)N=C(c2ccc(OCCCO)cc2)O[C@H]1c1ccccc1Br. The van der Waals surface area contributed by atoms with E-state index in [2.05, 4.69) is 54.1 Å². The van der Waals surface area contributed by atoms with E-state index < -0.39 is 11.6 Å². The highest BCUT2D eigenvalue weighted by atomic mass is 79.9. The molecule has 2 aromatic carbocycles. The number of carbonyl (C=O) groups excluding carboxylic acids is 1. The molecule has 2 atom stereocenters. The third-order valence-electron chi connectivity index (χ3n) is 5.88. The molecule has 1 amide bonds. The van der Waals surface area contributed by atoms with E-state index in [0.717, 1.165) is 22.0 Å². The predicted octanol–water partition coefficient (Wildman–Crippen LogP) is 5.10. The summed E-state index contributed by atoms with van der Waals surface area (Å²) >= 11 is 3.62. The van der Waals surface area contributed by atoms with Crippen LogP contribution in [0, 0.1) is 5.41 Å². The molecule has 0 aliphatic carbocycles. The average Bonchev–Trinajstić information content (AvgIpc) is 3.22. The Morgan fingerprint density at radius 2 is 1.97 bits per heavy atom. The van der Waals surface area contributed by atoms with Gasteiger partial charge in [0.05, 0.1) is 6.61 Å². The third kappa shape index (κ3) is 6.96. The zero-order valence-electron chi connectivity index (χ0n) is 21.2. The molecule has 3 N–H and O–H groups in total. The molecule has 1 aliphatic rings. The largest absolute Gasteiger partial charge is 0.494 e. The fourth-order valence-electron chi connectivity index (χ4n) is 3.89. The summed E-state index contributed by atoms with van der Waals surface area (Å²) in [6, 6.07) is 15.1. The quantitative estimate of drug-likeness (QED) is 0.192. The van der Waals surface area contributed by atoms with Gasteiger partial charge in [0.1, 0.15) is 5.75 Å². The zero-order chi connectivity index (χ0) is 26.2. The number of hydrogen-bond acceptors (Lipinski definition) is 6. The Kier molecular flexibility index (Phi) is 9.70. The second-order valence-corrected chi connectivity index (χ2v) is 10.8. The summed E-state index contributed by atoms with van der Waals surface area (Å²) in [6.45, 7) is 11.5. The Bertz CT molecular complexity index is 1070. The number of nitrogens with zero attached hydrogens (tertiary/aromatic N) is 1. The number of aliphatic hydroxyl groups excluding tert-OH is 1. The zero-order valence-corrected chi connectivity index (χ0v) is 22.8. The monoisotopic (exact) mass is 557 g/mol. The van der Waals surface area contributed by atoms with Crippen LogP contribution >= 0.6 is 15.9 Å². The van der Waals surface area contributed by atoms with Crippen molar-refractivity contribution in [1.82, 2.24) is 10.9 Å². The van der Waals surface area contributed by atoms with Gasteiger partial charge < -0.3 is 14.6 Å². The number of benzene rings is 2. The molecule has 0 spiro atoms. The van der Waals surface area contributed by atoms with E-state index in [1.807, 2.05) is 48.5 Å². The van der Waals surface area contributed by atoms with Gasteiger partial charge in [0.2, 0.25) is 5.90 Å². The number of hydrogen-bond donors (Lipinski definition) is 3. The fraction of sp³-hybridized carbons (Fsp3) is 0.429. The number of nitrogens with one attached hydrogen (secondary N) is 2. The molecule has 0 saturated carbocycles. The summed E-state index contributed by atoms with van der Waals surface area (Å²) in [6.07, 6.45) is 2.79. The van der Waals surface area contributed by atoms with E-state index in [1.54, 1.807) is 6.08 Å². The molecule has 0 saturated heterocycles. The van der Waals surface area contributed by atoms with Crippen molar-refractivity contribution in [3.63, 3.8) is 0 Å². The van der Waals surface area contributed by atoms with Crippen LogP contribution in [0.15, 0.2) is 70.7 Å². The first-order valence-electron chi connectivity index (χ1n) is 12.2. The lowest BCUT2D eigenvalue weighted by Crippen LogP contribution is -2.53. The Hall–Kier alpha value is -2.68. The van der Waals surface area contributed by atoms with Crippen LogP contribution in [0.5, 0.6) is 5.75 Å². The van der Waals surface area contributed by atoms with Crippen LogP contribution in [0.2, 0.25) is 0 Å². The number of rotatable bonds is 12. The lowest BCUT2D eigenvalue weighted by molar-refractivity contribution is -0.129. The Labute approximate surface area is 222 Å². The summed E-state index contributed by atoms with van der Waals surface area (Å²) < 4.78 is 12.9. The highest BCUT2D eigenvalue weighted by molar-refractivity contribution is 9.10. The van der Waals surface area contributed by atoms with E-state index in [-0.39, 0.29) is 24.3 Å². The first kappa shape index (κ1) is 27.9. The van der Waals surface area contributed by atoms with Crippen molar-refractivity contribution in [2.24, 2.45) is 10.4 Å². The highest BCUT2D eigenvalue weighted by Crippen LogP contribution is 2.44. The lowest BCUT2D eigenvalue weighted by atomic mass is 9.84. The number of carbonyl (C=O) groups is 1. The molecule has 1 aliphatic heterocycles. The molecule has 3 rings (SSSR count). The maximum absolute atomic E-state index is 13.7. The molecule has 0 bridgehead atoms. The molecule has 0 fully saturated rings. The summed E-state index contributed by atoms with van der Waals surface area (Å²) in [4.78, 5) is 18.6. The maximum atomic E-state index is 13.7. The second-order valence-electron chi connectivity index (χ2n) is 9.99. The van der Waals surface area contributed by atoms with Crippen LogP contribution in [0.25, 0.3) is 0 Å². The minimum Gasteiger partial charge on any atom is -0.494 e. The van der Waals surface area contributed by atoms with Gasteiger partial charge in [0.25, 0.3) is 5.91 Å². The van der Waals surface area contributed by atoms with Crippen molar-refractivity contribution in [3.8, 4) is 5.75 Å². The fourth-order valence-corrected chi connectivity index (χ4v) is 4.38. The summed E-state index contributed by atoms with van der Waals surface area (Å²) in [7, 11) is 0. The van der Waals surface area contributed by atoms with Crippen molar-refractivity contribution in [3.05, 3.63) is 76.8 Å². The first-order valence-corrected chi connectivity index (χ1v) is 13.0. The maximum Gasteiger partial charge on any atom is 0.266 e. The lowest BCUT2D eigenvalue weighted by Gasteiger charge is -2.30. The number of aliphatic hydroxyl groups is 1. The number of amides is 1. The van der Waals surface area contributed by atoms with Crippen molar-refractivity contribution < 1.29 is 19.4 Å². The number of ether oxygens (including phenoxy) is 2. The molecule has 8 heteroatoms. The molecular weight excluding hydrogens is 522 g/mol. The van der Waals surface area contributed by atoms with Gasteiger partial charge in [0, 0.05) is 41.6 Å². The normalized spacial score (nSPS) is 19.4. The number of hydrazine groups is 1. The van der Waals surface area contributed by atoms with E-state index in [9.17, 15) is 4.79 Å². The van der Waals surface area contributed by atoms with E-state index in [1.165, 1.54) is 0 Å². The van der Waals surface area contributed by atoms with Crippen LogP contribution in [-0.2, 0) is 9.53 Å². The van der Waals surface area contributed by atoms with Crippen molar-refractivity contribution >= 4 is 27.7 Å². The highest BCUT2D eigenvalue weighted by Gasteiger charge is 2.53. The summed E-state index contributed by atoms with van der Waals surface area (Å²) in [5.74, 6) is 0.784. The molecule has 36 heavy (non-hydrogen) atoms. The minimum atomic E-state index is -1.24. The molecule has 0 unspecified atom stereocenters. The average molecular weight is 559 g/mol. The van der Waals surface area contributed by atoms with Crippen molar-refractivity contribution in [2.75, 3.05) is 19.8 Å². The smallest absolute Gasteiger partial charge is 0.266 e. The standard InChI is InChI=1S/C28H36BrN3O4/c1-5-15-28(26(34)32-30-17-16-27(2,3)4)24(22-9-6-7-10-23(22)29)36-25(31-28)20-11-13-21(14-12-20)35-19-8-18-33/h5-7,9-14,24,30,33H,1,8,15-19H2,2-4H3,(H,32,34)/t24-,28-/m0/s1. The van der Waals surface area contributed by atoms with Gasteiger partial charge in [-0.05, 0) is 42.2 Å². The molecule has 7 nitrogen and oxygen atoms in total. The Balaban J connectivity index is 1.92. The second kappa shape index (κ2) is 12.5. The molecule has 194 valence electrons. The summed E-state index contributed by atoms with van der Waals surface area (Å²) in [5.41, 5.74) is 6.40. The van der Waals surface area contributed by atoms with Gasteiger partial charge in [-0.2, -0.15) is 0 Å². The molecular formula is C28H36BrN3O4. The van der Waals surface area contributed by atoms with Crippen molar-refractivity contribution in [2.45, 2.75) is 51.7 Å². The third-order valence-corrected chi connectivity index (χ3v) is 6.60. The van der Waals surface area contributed by atoms with Crippen LogP contribution in [0.4, 0.5) is 0 Å². The molecule has 0 aromatic heterocycles. The number of halogens is 1. The Morgan fingerprint density at radius 1 is 1.25 bits per heavy atom. The van der Waals surface area contributed by atoms with E-state index in [0.29, 0.717) is 31.2 Å². The minimum absolute atomic E-state index is 0.0810. The Morgan fingerprint density at radius 3 is 2.61 bits per heavy atom. The van der Waals surface area contributed by atoms with Gasteiger partial charge in [-0.15, -0.1) is 6.58 Å². The van der Waals surface area contributed by atoms with Gasteiger partial charge >= 0.3 is 0 Å². The molecule has 1 heterocycles. The van der Waals surface area contributed by atoms with Crippen LogP contribution in [-0.4, -0.2) is 42.2 Å². The van der Waals surface area contributed by atoms with Gasteiger partial charge in [0.15, 0.2) is 11.6 Å². The number of aliphatic imine (C=N–C) groups is 1. The molecule has 2 aromatic rings.